The minimum atomic E-state index is -0.0905. The maximum absolute atomic E-state index is 11.6. The minimum absolute atomic E-state index is 0. The van der Waals surface area contributed by atoms with Crippen molar-refractivity contribution in [2.45, 2.75) is 0 Å². The molecule has 0 spiro atoms. The largest absolute Gasteiger partial charge is 0.491 e. The maximum atomic E-state index is 11.6. The number of halogens is 2. The number of carbonyl (C=O) groups excluding carboxylic acids is 1. The molecule has 0 saturated carbocycles. The number of nitrogens with zero attached hydrogens (tertiary/aromatic N) is 1. The second kappa shape index (κ2) is 7.37. The zero-order chi connectivity index (χ0) is 12.1. The number of carbonyl (C=O) groups is 1. The second-order valence-electron chi connectivity index (χ2n) is 3.48. The third kappa shape index (κ3) is 4.42. The van der Waals surface area contributed by atoms with Crippen molar-refractivity contribution in [2.24, 2.45) is 5.73 Å². The lowest BCUT2D eigenvalue weighted by molar-refractivity contribution is 0.0827. The van der Waals surface area contributed by atoms with Gasteiger partial charge >= 0.3 is 0 Å². The van der Waals surface area contributed by atoms with Crippen molar-refractivity contribution in [3.63, 3.8) is 0 Å². The van der Waals surface area contributed by atoms with E-state index in [1.807, 2.05) is 0 Å². The molecule has 2 N–H and O–H groups in total. The molecule has 0 saturated heterocycles. The van der Waals surface area contributed by atoms with Gasteiger partial charge in [0, 0.05) is 26.2 Å². The molecule has 0 bridgehead atoms. The molecule has 6 heteroatoms. The van der Waals surface area contributed by atoms with E-state index in [9.17, 15) is 4.79 Å². The van der Waals surface area contributed by atoms with E-state index < -0.39 is 0 Å². The third-order valence-electron chi connectivity index (χ3n) is 1.96. The molecule has 1 aromatic carbocycles. The molecule has 4 nitrogen and oxygen atoms in total. The summed E-state index contributed by atoms with van der Waals surface area (Å²) in [5.41, 5.74) is 5.85. The standard InChI is InChI=1S/C11H15ClN2O2.ClH/c1-14(2)11(15)8-3-4-10(9(12)7-8)16-6-5-13;/h3-4,7H,5-6,13H2,1-2H3;1H. The van der Waals surface area contributed by atoms with Gasteiger partial charge < -0.3 is 15.4 Å². The van der Waals surface area contributed by atoms with Gasteiger partial charge in [0.05, 0.1) is 5.02 Å². The molecule has 0 atom stereocenters. The smallest absolute Gasteiger partial charge is 0.253 e. The fourth-order valence-corrected chi connectivity index (χ4v) is 1.41. The van der Waals surface area contributed by atoms with Crippen LogP contribution in [0.1, 0.15) is 10.4 Å². The molecule has 0 aromatic heterocycles. The zero-order valence-electron chi connectivity index (χ0n) is 9.77. The van der Waals surface area contributed by atoms with Crippen LogP contribution in [0.2, 0.25) is 5.02 Å². The first-order valence-electron chi connectivity index (χ1n) is 4.90. The summed E-state index contributed by atoms with van der Waals surface area (Å²) < 4.78 is 5.30. The first-order valence-corrected chi connectivity index (χ1v) is 5.28. The fourth-order valence-electron chi connectivity index (χ4n) is 1.18. The van der Waals surface area contributed by atoms with Crippen LogP contribution in [-0.2, 0) is 0 Å². The molecule has 0 aliphatic heterocycles. The molecule has 0 heterocycles. The first kappa shape index (κ1) is 16.0. The lowest BCUT2D eigenvalue weighted by atomic mass is 10.2. The Kier molecular flexibility index (Phi) is 6.95. The molecule has 0 unspecified atom stereocenters. The first-order chi connectivity index (χ1) is 7.56. The molecule has 17 heavy (non-hydrogen) atoms. The molecule has 0 aliphatic carbocycles. The van der Waals surface area contributed by atoms with Gasteiger partial charge in [0.25, 0.3) is 5.91 Å². The molecule has 0 fully saturated rings. The Hall–Kier alpha value is -0.970. The summed E-state index contributed by atoms with van der Waals surface area (Å²) in [6, 6.07) is 4.95. The van der Waals surface area contributed by atoms with Gasteiger partial charge in [-0.3, -0.25) is 4.79 Å². The van der Waals surface area contributed by atoms with Crippen LogP contribution in [0.25, 0.3) is 0 Å². The van der Waals surface area contributed by atoms with Crippen molar-refractivity contribution in [1.29, 1.82) is 0 Å². The van der Waals surface area contributed by atoms with Gasteiger partial charge in [-0.05, 0) is 18.2 Å². The van der Waals surface area contributed by atoms with Crippen molar-refractivity contribution in [2.75, 3.05) is 27.2 Å². The number of benzene rings is 1. The summed E-state index contributed by atoms with van der Waals surface area (Å²) >= 11 is 5.98. The molecule has 0 aliphatic rings. The van der Waals surface area contributed by atoms with Gasteiger partial charge in [-0.15, -0.1) is 12.4 Å². The van der Waals surface area contributed by atoms with Crippen LogP contribution >= 0.6 is 24.0 Å². The van der Waals surface area contributed by atoms with Crippen molar-refractivity contribution < 1.29 is 9.53 Å². The minimum Gasteiger partial charge on any atom is -0.491 e. The van der Waals surface area contributed by atoms with Crippen LogP contribution in [0.3, 0.4) is 0 Å². The second-order valence-corrected chi connectivity index (χ2v) is 3.89. The van der Waals surface area contributed by atoms with Gasteiger partial charge in [0.2, 0.25) is 0 Å². The van der Waals surface area contributed by atoms with Crippen molar-refractivity contribution in [1.82, 2.24) is 4.90 Å². The lowest BCUT2D eigenvalue weighted by Gasteiger charge is -2.12. The summed E-state index contributed by atoms with van der Waals surface area (Å²) in [4.78, 5) is 13.1. The Balaban J connectivity index is 0.00000256. The summed E-state index contributed by atoms with van der Waals surface area (Å²) in [5.74, 6) is 0.453. The Morgan fingerprint density at radius 3 is 2.59 bits per heavy atom. The van der Waals surface area contributed by atoms with Crippen LogP contribution in [0.15, 0.2) is 18.2 Å². The number of rotatable bonds is 4. The highest BCUT2D eigenvalue weighted by molar-refractivity contribution is 6.32. The van der Waals surface area contributed by atoms with Gasteiger partial charge in [-0.2, -0.15) is 0 Å². The van der Waals surface area contributed by atoms with Crippen LogP contribution in [0.4, 0.5) is 0 Å². The predicted octanol–water partition coefficient (Wildman–Crippen LogP) is 1.80. The number of amides is 1. The highest BCUT2D eigenvalue weighted by Crippen LogP contribution is 2.25. The Bertz CT molecular complexity index is 384. The van der Waals surface area contributed by atoms with Gasteiger partial charge in [0.1, 0.15) is 12.4 Å². The Labute approximate surface area is 112 Å². The van der Waals surface area contributed by atoms with Gasteiger partial charge in [0.15, 0.2) is 0 Å². The molecular formula is C11H16Cl2N2O2. The Morgan fingerprint density at radius 2 is 2.12 bits per heavy atom. The summed E-state index contributed by atoms with van der Waals surface area (Å²) in [6.07, 6.45) is 0. The molecule has 1 amide bonds. The maximum Gasteiger partial charge on any atom is 0.253 e. The van der Waals surface area contributed by atoms with Gasteiger partial charge in [-0.25, -0.2) is 0 Å². The Morgan fingerprint density at radius 1 is 1.47 bits per heavy atom. The topological polar surface area (TPSA) is 55.6 Å². The zero-order valence-corrected chi connectivity index (χ0v) is 11.3. The summed E-state index contributed by atoms with van der Waals surface area (Å²) in [5, 5.41) is 0.418. The third-order valence-corrected chi connectivity index (χ3v) is 2.26. The van der Waals surface area contributed by atoms with E-state index in [2.05, 4.69) is 0 Å². The van der Waals surface area contributed by atoms with E-state index >= 15 is 0 Å². The normalized spacial score (nSPS) is 9.41. The average Bonchev–Trinajstić information content (AvgIpc) is 2.26. The molecule has 96 valence electrons. The van der Waals surface area contributed by atoms with Gasteiger partial charge in [-0.1, -0.05) is 11.6 Å². The molecule has 1 aromatic rings. The quantitative estimate of drug-likeness (QED) is 0.914. The van der Waals surface area contributed by atoms with E-state index in [1.165, 1.54) is 4.90 Å². The number of hydrogen-bond donors (Lipinski definition) is 1. The number of ether oxygens (including phenoxy) is 1. The van der Waals surface area contributed by atoms with Crippen molar-refractivity contribution in [3.05, 3.63) is 28.8 Å². The number of nitrogens with two attached hydrogens (primary N) is 1. The predicted molar refractivity (Wildman–Crippen MR) is 71.3 cm³/mol. The van der Waals surface area contributed by atoms with Crippen molar-refractivity contribution in [3.8, 4) is 5.75 Å². The van der Waals surface area contributed by atoms with E-state index in [4.69, 9.17) is 22.1 Å². The SMILES string of the molecule is CN(C)C(=O)c1ccc(OCCN)c(Cl)c1.Cl. The van der Waals surface area contributed by atoms with Crippen LogP contribution < -0.4 is 10.5 Å². The van der Waals surface area contributed by atoms with Crippen LogP contribution in [-0.4, -0.2) is 38.1 Å². The molecule has 1 rings (SSSR count). The summed E-state index contributed by atoms with van der Waals surface area (Å²) in [7, 11) is 3.38. The average molecular weight is 279 g/mol. The van der Waals surface area contributed by atoms with E-state index in [-0.39, 0.29) is 18.3 Å². The van der Waals surface area contributed by atoms with E-state index in [0.717, 1.165) is 0 Å². The fraction of sp³-hybridized carbons (Fsp3) is 0.364. The van der Waals surface area contributed by atoms with E-state index in [0.29, 0.717) is 29.5 Å². The lowest BCUT2D eigenvalue weighted by Crippen LogP contribution is -2.21. The highest BCUT2D eigenvalue weighted by Gasteiger charge is 2.10. The summed E-state index contributed by atoms with van der Waals surface area (Å²) in [6.45, 7) is 0.829. The van der Waals surface area contributed by atoms with Crippen molar-refractivity contribution >= 4 is 29.9 Å². The van der Waals surface area contributed by atoms with Crippen LogP contribution in [0.5, 0.6) is 5.75 Å². The monoisotopic (exact) mass is 278 g/mol. The molecule has 0 radical (unpaired) electrons. The van der Waals surface area contributed by atoms with Crippen LogP contribution in [0, 0.1) is 0 Å². The molecular weight excluding hydrogens is 263 g/mol. The number of hydrogen-bond acceptors (Lipinski definition) is 3. The highest BCUT2D eigenvalue weighted by atomic mass is 35.5. The van der Waals surface area contributed by atoms with E-state index in [1.54, 1.807) is 32.3 Å².